The molecule has 0 aliphatic heterocycles. The monoisotopic (exact) mass is 202 g/mol. The van der Waals surface area contributed by atoms with E-state index >= 15 is 0 Å². The topological polar surface area (TPSA) is 17.1 Å². The lowest BCUT2D eigenvalue weighted by Crippen LogP contribution is -2.05. The second kappa shape index (κ2) is 3.80. The molecule has 0 saturated heterocycles. The van der Waals surface area contributed by atoms with E-state index in [0.29, 0.717) is 5.78 Å². The fourth-order valence-corrected chi connectivity index (χ4v) is 2.43. The molecule has 1 nitrogen and oxygen atoms in total. The molecule has 0 radical (unpaired) electrons. The van der Waals surface area contributed by atoms with Crippen LogP contribution in [0, 0.1) is 20.8 Å². The molecule has 0 atom stereocenters. The smallest absolute Gasteiger partial charge is 0.163 e. The van der Waals surface area contributed by atoms with Crippen LogP contribution in [-0.2, 0) is 6.42 Å². The number of rotatable bonds is 0. The summed E-state index contributed by atoms with van der Waals surface area (Å²) in [5.41, 5.74) is 6.24. The van der Waals surface area contributed by atoms with Crippen molar-refractivity contribution in [1.82, 2.24) is 0 Å². The van der Waals surface area contributed by atoms with E-state index in [1.54, 1.807) is 0 Å². The molecule has 0 aromatic heterocycles. The molecule has 0 unspecified atom stereocenters. The first kappa shape index (κ1) is 10.4. The van der Waals surface area contributed by atoms with E-state index in [9.17, 15) is 4.79 Å². The molecule has 0 spiro atoms. The molecule has 0 heterocycles. The minimum Gasteiger partial charge on any atom is -0.294 e. The molecule has 1 aliphatic rings. The van der Waals surface area contributed by atoms with Crippen LogP contribution < -0.4 is 0 Å². The van der Waals surface area contributed by atoms with Gasteiger partial charge in [-0.25, -0.2) is 0 Å². The summed E-state index contributed by atoms with van der Waals surface area (Å²) < 4.78 is 0. The minimum atomic E-state index is 0.341. The second-order valence-corrected chi connectivity index (χ2v) is 4.60. The highest BCUT2D eigenvalue weighted by atomic mass is 16.1. The fourth-order valence-electron chi connectivity index (χ4n) is 2.43. The largest absolute Gasteiger partial charge is 0.294 e. The first-order valence-corrected chi connectivity index (χ1v) is 5.74. The van der Waals surface area contributed by atoms with E-state index in [1.807, 2.05) is 0 Å². The van der Waals surface area contributed by atoms with Crippen LogP contribution in [0.4, 0.5) is 0 Å². The van der Waals surface area contributed by atoms with Crippen molar-refractivity contribution < 1.29 is 4.79 Å². The third-order valence-electron chi connectivity index (χ3n) is 3.67. The van der Waals surface area contributed by atoms with Gasteiger partial charge in [0, 0.05) is 12.0 Å². The van der Waals surface area contributed by atoms with Gasteiger partial charge in [0.1, 0.15) is 0 Å². The molecular weight excluding hydrogens is 184 g/mol. The zero-order valence-corrected chi connectivity index (χ0v) is 9.81. The summed E-state index contributed by atoms with van der Waals surface area (Å²) in [5, 5.41) is 0. The van der Waals surface area contributed by atoms with Crippen LogP contribution in [-0.4, -0.2) is 5.78 Å². The van der Waals surface area contributed by atoms with E-state index in [1.165, 1.54) is 22.3 Å². The normalized spacial score (nSPS) is 16.1. The quantitative estimate of drug-likeness (QED) is 0.588. The van der Waals surface area contributed by atoms with Crippen molar-refractivity contribution in [3.63, 3.8) is 0 Å². The van der Waals surface area contributed by atoms with Crippen LogP contribution in [0.1, 0.15) is 51.9 Å². The average molecular weight is 202 g/mol. The Balaban J connectivity index is 2.65. The Morgan fingerprint density at radius 3 is 2.40 bits per heavy atom. The van der Waals surface area contributed by atoms with Gasteiger partial charge in [0.15, 0.2) is 5.78 Å². The summed E-state index contributed by atoms with van der Waals surface area (Å²) in [4.78, 5) is 11.9. The number of aryl methyl sites for hydroxylation is 1. The van der Waals surface area contributed by atoms with Gasteiger partial charge in [-0.2, -0.15) is 0 Å². The van der Waals surface area contributed by atoms with Gasteiger partial charge in [0.2, 0.25) is 0 Å². The Morgan fingerprint density at radius 1 is 1.00 bits per heavy atom. The molecule has 80 valence electrons. The predicted octanol–water partition coefficient (Wildman–Crippen LogP) is 3.52. The summed E-state index contributed by atoms with van der Waals surface area (Å²) in [6.45, 7) is 6.40. The van der Waals surface area contributed by atoms with Crippen LogP contribution in [0.3, 0.4) is 0 Å². The SMILES string of the molecule is Cc1cc2c(c(C)c1C)CCCCC2=O. The number of hydrogen-bond donors (Lipinski definition) is 0. The van der Waals surface area contributed by atoms with Gasteiger partial charge in [-0.15, -0.1) is 0 Å². The van der Waals surface area contributed by atoms with Crippen LogP contribution in [0.5, 0.6) is 0 Å². The van der Waals surface area contributed by atoms with E-state index in [4.69, 9.17) is 0 Å². The Morgan fingerprint density at radius 2 is 1.67 bits per heavy atom. The predicted molar refractivity (Wildman–Crippen MR) is 62.5 cm³/mol. The molecule has 0 N–H and O–H groups in total. The molecule has 1 aromatic carbocycles. The highest BCUT2D eigenvalue weighted by Crippen LogP contribution is 2.27. The molecular formula is C14H18O. The van der Waals surface area contributed by atoms with Crippen LogP contribution >= 0.6 is 0 Å². The fraction of sp³-hybridized carbons (Fsp3) is 0.500. The van der Waals surface area contributed by atoms with Gasteiger partial charge in [-0.3, -0.25) is 4.79 Å². The van der Waals surface area contributed by atoms with Crippen molar-refractivity contribution in [1.29, 1.82) is 0 Å². The van der Waals surface area contributed by atoms with Gasteiger partial charge in [0.05, 0.1) is 0 Å². The van der Waals surface area contributed by atoms with E-state index in [-0.39, 0.29) is 0 Å². The number of hydrogen-bond acceptors (Lipinski definition) is 1. The molecule has 15 heavy (non-hydrogen) atoms. The minimum absolute atomic E-state index is 0.341. The Labute approximate surface area is 91.5 Å². The zero-order valence-electron chi connectivity index (χ0n) is 9.81. The van der Waals surface area contributed by atoms with Gasteiger partial charge in [0.25, 0.3) is 0 Å². The van der Waals surface area contributed by atoms with Gasteiger partial charge >= 0.3 is 0 Å². The van der Waals surface area contributed by atoms with Crippen LogP contribution in [0.2, 0.25) is 0 Å². The summed E-state index contributed by atoms with van der Waals surface area (Å²) in [5.74, 6) is 0.341. The Kier molecular flexibility index (Phi) is 2.64. The number of Topliss-reactive ketones (excluding diaryl/α,β-unsaturated/α-hetero) is 1. The number of fused-ring (bicyclic) bond motifs is 1. The lowest BCUT2D eigenvalue weighted by Gasteiger charge is -2.14. The molecule has 0 bridgehead atoms. The van der Waals surface area contributed by atoms with Gasteiger partial charge in [-0.1, -0.05) is 0 Å². The third-order valence-corrected chi connectivity index (χ3v) is 3.67. The molecule has 1 heteroatoms. The average Bonchev–Trinajstić information content (AvgIpc) is 2.39. The highest BCUT2D eigenvalue weighted by Gasteiger charge is 2.18. The van der Waals surface area contributed by atoms with Crippen LogP contribution in [0.25, 0.3) is 0 Å². The molecule has 1 aliphatic carbocycles. The summed E-state index contributed by atoms with van der Waals surface area (Å²) in [7, 11) is 0. The molecule has 2 rings (SSSR count). The van der Waals surface area contributed by atoms with Crippen molar-refractivity contribution in [3.05, 3.63) is 33.9 Å². The van der Waals surface area contributed by atoms with Crippen LogP contribution in [0.15, 0.2) is 6.07 Å². The van der Waals surface area contributed by atoms with E-state index in [2.05, 4.69) is 26.8 Å². The maximum absolute atomic E-state index is 11.9. The number of carbonyl (C=O) groups excluding carboxylic acids is 1. The summed E-state index contributed by atoms with van der Waals surface area (Å²) in [6.07, 6.45) is 4.01. The Bertz CT molecular complexity index is 416. The first-order valence-electron chi connectivity index (χ1n) is 5.74. The Hall–Kier alpha value is -1.11. The number of ketones is 1. The van der Waals surface area contributed by atoms with E-state index in [0.717, 1.165) is 31.2 Å². The molecule has 0 saturated carbocycles. The van der Waals surface area contributed by atoms with Gasteiger partial charge < -0.3 is 0 Å². The zero-order chi connectivity index (χ0) is 11.0. The van der Waals surface area contributed by atoms with E-state index < -0.39 is 0 Å². The molecule has 1 aromatic rings. The van der Waals surface area contributed by atoms with Crippen molar-refractivity contribution in [2.24, 2.45) is 0 Å². The maximum Gasteiger partial charge on any atom is 0.163 e. The number of benzene rings is 1. The van der Waals surface area contributed by atoms with Crippen molar-refractivity contribution in [2.45, 2.75) is 46.5 Å². The molecule has 0 amide bonds. The van der Waals surface area contributed by atoms with Gasteiger partial charge in [-0.05, 0) is 68.4 Å². The second-order valence-electron chi connectivity index (χ2n) is 4.60. The first-order chi connectivity index (χ1) is 7.11. The van der Waals surface area contributed by atoms with Crippen molar-refractivity contribution >= 4 is 5.78 Å². The highest BCUT2D eigenvalue weighted by molar-refractivity contribution is 5.98. The lowest BCUT2D eigenvalue weighted by atomic mass is 9.91. The third kappa shape index (κ3) is 1.71. The maximum atomic E-state index is 11.9. The summed E-state index contributed by atoms with van der Waals surface area (Å²) in [6, 6.07) is 2.09. The molecule has 0 fully saturated rings. The van der Waals surface area contributed by atoms with Crippen molar-refractivity contribution in [3.8, 4) is 0 Å². The summed E-state index contributed by atoms with van der Waals surface area (Å²) >= 11 is 0. The number of carbonyl (C=O) groups is 1. The lowest BCUT2D eigenvalue weighted by molar-refractivity contribution is 0.0982. The standard InChI is InChI=1S/C14H18O/c1-9-8-13-12(11(3)10(9)2)6-4-5-7-14(13)15/h8H,4-7H2,1-3H3. The van der Waals surface area contributed by atoms with Crippen molar-refractivity contribution in [2.75, 3.05) is 0 Å².